The highest BCUT2D eigenvalue weighted by Gasteiger charge is 2.20. The Hall–Kier alpha value is -1.38. The molecule has 0 saturated carbocycles. The predicted octanol–water partition coefficient (Wildman–Crippen LogP) is 2.69. The van der Waals surface area contributed by atoms with Gasteiger partial charge >= 0.3 is 0 Å². The van der Waals surface area contributed by atoms with Crippen molar-refractivity contribution in [2.24, 2.45) is 0 Å². The topological polar surface area (TPSA) is 21.7 Å². The summed E-state index contributed by atoms with van der Waals surface area (Å²) >= 11 is 0. The molecule has 0 N–H and O–H groups in total. The molecule has 3 heteroatoms. The van der Waals surface area contributed by atoms with Crippen LogP contribution in [-0.2, 0) is 0 Å². The minimum atomic E-state index is 0.674. The standard InChI is InChI=1S/C13H19NO2/c1-3-8-14-9-10-16-13-11(14)6-5-7-12(13)15-4-2/h5-7H,3-4,8-10H2,1-2H3. The van der Waals surface area contributed by atoms with Crippen LogP contribution in [0, 0.1) is 0 Å². The van der Waals surface area contributed by atoms with Crippen LogP contribution in [0.25, 0.3) is 0 Å². The van der Waals surface area contributed by atoms with E-state index in [-0.39, 0.29) is 0 Å². The molecule has 88 valence electrons. The van der Waals surface area contributed by atoms with Gasteiger partial charge in [0.15, 0.2) is 11.5 Å². The van der Waals surface area contributed by atoms with Gasteiger partial charge < -0.3 is 14.4 Å². The van der Waals surface area contributed by atoms with Crippen molar-refractivity contribution >= 4 is 5.69 Å². The summed E-state index contributed by atoms with van der Waals surface area (Å²) in [4.78, 5) is 2.36. The Balaban J connectivity index is 2.30. The molecule has 1 heterocycles. The average molecular weight is 221 g/mol. The van der Waals surface area contributed by atoms with Crippen LogP contribution in [0.3, 0.4) is 0 Å². The van der Waals surface area contributed by atoms with Gasteiger partial charge in [-0.25, -0.2) is 0 Å². The maximum Gasteiger partial charge on any atom is 0.184 e. The summed E-state index contributed by atoms with van der Waals surface area (Å²) in [6.07, 6.45) is 1.15. The van der Waals surface area contributed by atoms with Crippen LogP contribution in [0.2, 0.25) is 0 Å². The number of para-hydroxylation sites is 1. The normalized spacial score (nSPS) is 14.2. The van der Waals surface area contributed by atoms with Gasteiger partial charge in [0.2, 0.25) is 0 Å². The summed E-state index contributed by atoms with van der Waals surface area (Å²) in [5.74, 6) is 1.77. The molecule has 0 saturated heterocycles. The number of hydrogen-bond acceptors (Lipinski definition) is 3. The lowest BCUT2D eigenvalue weighted by molar-refractivity contribution is 0.270. The van der Waals surface area contributed by atoms with Gasteiger partial charge in [-0.1, -0.05) is 13.0 Å². The first-order chi connectivity index (χ1) is 7.86. The van der Waals surface area contributed by atoms with Crippen molar-refractivity contribution in [2.75, 3.05) is 31.2 Å². The third-order valence-corrected chi connectivity index (χ3v) is 2.70. The molecule has 1 aliphatic heterocycles. The number of anilines is 1. The van der Waals surface area contributed by atoms with Crippen molar-refractivity contribution in [1.82, 2.24) is 0 Å². The van der Waals surface area contributed by atoms with E-state index >= 15 is 0 Å². The van der Waals surface area contributed by atoms with E-state index in [1.165, 1.54) is 5.69 Å². The van der Waals surface area contributed by atoms with Gasteiger partial charge in [-0.3, -0.25) is 0 Å². The lowest BCUT2D eigenvalue weighted by Crippen LogP contribution is -2.33. The van der Waals surface area contributed by atoms with Gasteiger partial charge in [-0.2, -0.15) is 0 Å². The Morgan fingerprint density at radius 2 is 2.25 bits per heavy atom. The summed E-state index contributed by atoms with van der Waals surface area (Å²) < 4.78 is 11.3. The molecule has 0 radical (unpaired) electrons. The van der Waals surface area contributed by atoms with E-state index in [4.69, 9.17) is 9.47 Å². The number of hydrogen-bond donors (Lipinski definition) is 0. The quantitative estimate of drug-likeness (QED) is 0.780. The zero-order chi connectivity index (χ0) is 11.4. The van der Waals surface area contributed by atoms with Crippen LogP contribution in [-0.4, -0.2) is 26.3 Å². The first kappa shape index (κ1) is 11.1. The second kappa shape index (κ2) is 5.10. The van der Waals surface area contributed by atoms with Gasteiger partial charge in [-0.15, -0.1) is 0 Å². The summed E-state index contributed by atoms with van der Waals surface area (Å²) in [5.41, 5.74) is 1.17. The lowest BCUT2D eigenvalue weighted by atomic mass is 10.2. The second-order valence-electron chi connectivity index (χ2n) is 3.87. The molecule has 0 unspecified atom stereocenters. The van der Waals surface area contributed by atoms with Crippen molar-refractivity contribution in [1.29, 1.82) is 0 Å². The minimum absolute atomic E-state index is 0.674. The Bertz CT molecular complexity index is 352. The van der Waals surface area contributed by atoms with Gasteiger partial charge in [0.25, 0.3) is 0 Å². The van der Waals surface area contributed by atoms with E-state index in [0.717, 1.165) is 37.6 Å². The maximum absolute atomic E-state index is 5.72. The number of rotatable bonds is 4. The Kier molecular flexibility index (Phi) is 3.54. The molecule has 0 amide bonds. The molecule has 0 fully saturated rings. The monoisotopic (exact) mass is 221 g/mol. The van der Waals surface area contributed by atoms with Crippen LogP contribution >= 0.6 is 0 Å². The summed E-state index contributed by atoms with van der Waals surface area (Å²) in [6.45, 7) is 7.65. The fourth-order valence-electron chi connectivity index (χ4n) is 2.05. The molecule has 1 aliphatic rings. The molecular weight excluding hydrogens is 202 g/mol. The highest BCUT2D eigenvalue weighted by atomic mass is 16.5. The van der Waals surface area contributed by atoms with Crippen molar-refractivity contribution in [3.8, 4) is 11.5 Å². The van der Waals surface area contributed by atoms with Crippen LogP contribution in [0.1, 0.15) is 20.3 Å². The molecule has 1 aromatic rings. The third-order valence-electron chi connectivity index (χ3n) is 2.70. The van der Waals surface area contributed by atoms with Crippen LogP contribution < -0.4 is 14.4 Å². The highest BCUT2D eigenvalue weighted by Crippen LogP contribution is 2.39. The van der Waals surface area contributed by atoms with Crippen molar-refractivity contribution in [3.63, 3.8) is 0 Å². The molecule has 0 bridgehead atoms. The first-order valence-electron chi connectivity index (χ1n) is 6.00. The first-order valence-corrected chi connectivity index (χ1v) is 6.00. The van der Waals surface area contributed by atoms with Crippen LogP contribution in [0.5, 0.6) is 11.5 Å². The molecule has 0 aromatic heterocycles. The summed E-state index contributed by atoms with van der Waals surface area (Å²) in [6, 6.07) is 6.10. The Morgan fingerprint density at radius 1 is 1.38 bits per heavy atom. The molecular formula is C13H19NO2. The number of ether oxygens (including phenoxy) is 2. The smallest absolute Gasteiger partial charge is 0.184 e. The lowest BCUT2D eigenvalue weighted by Gasteiger charge is -2.31. The van der Waals surface area contributed by atoms with Crippen LogP contribution in [0.15, 0.2) is 18.2 Å². The molecule has 0 spiro atoms. The third kappa shape index (κ3) is 2.08. The SMILES string of the molecule is CCCN1CCOc2c(OCC)cccc21. The predicted molar refractivity (Wildman–Crippen MR) is 65.6 cm³/mol. The number of fused-ring (bicyclic) bond motifs is 1. The maximum atomic E-state index is 5.72. The van der Waals surface area contributed by atoms with Crippen molar-refractivity contribution < 1.29 is 9.47 Å². The van der Waals surface area contributed by atoms with E-state index in [1.54, 1.807) is 0 Å². The fraction of sp³-hybridized carbons (Fsp3) is 0.538. The van der Waals surface area contributed by atoms with E-state index in [9.17, 15) is 0 Å². The van der Waals surface area contributed by atoms with Gasteiger partial charge in [-0.05, 0) is 25.5 Å². The minimum Gasteiger partial charge on any atom is -0.490 e. The number of nitrogens with zero attached hydrogens (tertiary/aromatic N) is 1. The molecule has 0 atom stereocenters. The van der Waals surface area contributed by atoms with E-state index in [0.29, 0.717) is 6.61 Å². The molecule has 0 aliphatic carbocycles. The van der Waals surface area contributed by atoms with E-state index < -0.39 is 0 Å². The van der Waals surface area contributed by atoms with Gasteiger partial charge in [0.05, 0.1) is 18.8 Å². The highest BCUT2D eigenvalue weighted by molar-refractivity contribution is 5.65. The molecule has 16 heavy (non-hydrogen) atoms. The zero-order valence-corrected chi connectivity index (χ0v) is 10.0. The molecule has 2 rings (SSSR count). The largest absolute Gasteiger partial charge is 0.490 e. The molecule has 1 aromatic carbocycles. The van der Waals surface area contributed by atoms with Gasteiger partial charge in [0.1, 0.15) is 6.61 Å². The summed E-state index contributed by atoms with van der Waals surface area (Å²) in [5, 5.41) is 0. The Morgan fingerprint density at radius 3 is 3.00 bits per heavy atom. The number of benzene rings is 1. The fourth-order valence-corrected chi connectivity index (χ4v) is 2.05. The molecule has 3 nitrogen and oxygen atoms in total. The van der Waals surface area contributed by atoms with Crippen molar-refractivity contribution in [3.05, 3.63) is 18.2 Å². The zero-order valence-electron chi connectivity index (χ0n) is 10.0. The summed E-state index contributed by atoms with van der Waals surface area (Å²) in [7, 11) is 0. The van der Waals surface area contributed by atoms with Gasteiger partial charge in [0, 0.05) is 6.54 Å². The van der Waals surface area contributed by atoms with E-state index in [1.807, 2.05) is 19.1 Å². The van der Waals surface area contributed by atoms with Crippen LogP contribution in [0.4, 0.5) is 5.69 Å². The second-order valence-corrected chi connectivity index (χ2v) is 3.87. The Labute approximate surface area is 97.0 Å². The van der Waals surface area contributed by atoms with Crippen molar-refractivity contribution in [2.45, 2.75) is 20.3 Å². The van der Waals surface area contributed by atoms with E-state index in [2.05, 4.69) is 17.9 Å². The average Bonchev–Trinajstić information content (AvgIpc) is 2.31.